The lowest BCUT2D eigenvalue weighted by Crippen LogP contribution is -2.32. The fraction of sp³-hybridized carbons (Fsp3) is 0.286. The van der Waals surface area contributed by atoms with Crippen molar-refractivity contribution in [3.63, 3.8) is 0 Å². The lowest BCUT2D eigenvalue weighted by atomic mass is 10.1. The third-order valence-corrected chi connectivity index (χ3v) is 5.90. The largest absolute Gasteiger partial charge is 0.352 e. The molecule has 0 saturated heterocycles. The van der Waals surface area contributed by atoms with Gasteiger partial charge in [-0.2, -0.15) is 0 Å². The minimum Gasteiger partial charge on any atom is -0.352 e. The van der Waals surface area contributed by atoms with Crippen molar-refractivity contribution in [2.45, 2.75) is 22.6 Å². The van der Waals surface area contributed by atoms with Gasteiger partial charge in [0.15, 0.2) is 0 Å². The Morgan fingerprint density at radius 2 is 1.74 bits per heavy atom. The molecule has 0 radical (unpaired) electrons. The van der Waals surface area contributed by atoms with Gasteiger partial charge < -0.3 is 15.5 Å². The van der Waals surface area contributed by atoms with Crippen LogP contribution in [0.4, 0.5) is 11.4 Å². The summed E-state index contributed by atoms with van der Waals surface area (Å²) in [5.74, 6) is 0.109. The summed E-state index contributed by atoms with van der Waals surface area (Å²) in [5.41, 5.74) is 3.69. The zero-order chi connectivity index (χ0) is 17.8. The molecule has 2 aliphatic rings. The normalized spacial score (nSPS) is 15.1. The molecule has 0 fully saturated rings. The zero-order valence-corrected chi connectivity index (χ0v) is 16.7. The van der Waals surface area contributed by atoms with E-state index in [0.29, 0.717) is 19.5 Å². The fourth-order valence-corrected chi connectivity index (χ4v) is 4.46. The van der Waals surface area contributed by atoms with Crippen LogP contribution in [-0.2, 0) is 4.79 Å². The fourth-order valence-electron chi connectivity index (χ4n) is 3.37. The second-order valence-corrected chi connectivity index (χ2v) is 7.62. The summed E-state index contributed by atoms with van der Waals surface area (Å²) < 4.78 is 0. The lowest BCUT2D eigenvalue weighted by Gasteiger charge is -2.32. The third-order valence-electron chi connectivity index (χ3n) is 4.77. The number of rotatable bonds is 5. The number of carbonyl (C=O) groups excluding carboxylic acids is 1. The first-order valence-corrected chi connectivity index (χ1v) is 9.92. The van der Waals surface area contributed by atoms with E-state index in [0.717, 1.165) is 19.5 Å². The van der Waals surface area contributed by atoms with Crippen LogP contribution in [0.2, 0.25) is 0 Å². The molecule has 4 rings (SSSR count). The second-order valence-electron chi connectivity index (χ2n) is 6.53. The summed E-state index contributed by atoms with van der Waals surface area (Å²) in [6.45, 7) is 3.26. The molecule has 27 heavy (non-hydrogen) atoms. The summed E-state index contributed by atoms with van der Waals surface area (Å²) in [4.78, 5) is 17.1. The van der Waals surface area contributed by atoms with Crippen LogP contribution in [0.3, 0.4) is 0 Å². The van der Waals surface area contributed by atoms with Gasteiger partial charge in [-0.25, -0.2) is 0 Å². The highest BCUT2D eigenvalue weighted by Crippen LogP contribution is 2.47. The van der Waals surface area contributed by atoms with Gasteiger partial charge in [0.1, 0.15) is 0 Å². The van der Waals surface area contributed by atoms with Gasteiger partial charge in [0.25, 0.3) is 0 Å². The second kappa shape index (κ2) is 9.31. The maximum atomic E-state index is 12.4. The van der Waals surface area contributed by atoms with E-state index in [1.807, 2.05) is 0 Å². The van der Waals surface area contributed by atoms with Crippen LogP contribution in [0.5, 0.6) is 0 Å². The first-order valence-electron chi connectivity index (χ1n) is 9.10. The van der Waals surface area contributed by atoms with Crippen molar-refractivity contribution in [2.75, 3.05) is 31.1 Å². The van der Waals surface area contributed by atoms with Gasteiger partial charge in [-0.1, -0.05) is 47.7 Å². The molecule has 0 saturated carbocycles. The smallest absolute Gasteiger partial charge is 0.222 e. The summed E-state index contributed by atoms with van der Waals surface area (Å²) in [6.07, 6.45) is 3.68. The number of nitrogens with zero attached hydrogens (tertiary/aromatic N) is 1. The zero-order valence-electron chi connectivity index (χ0n) is 15.1. The van der Waals surface area contributed by atoms with Gasteiger partial charge in [-0.15, -0.1) is 12.4 Å². The third kappa shape index (κ3) is 4.67. The van der Waals surface area contributed by atoms with E-state index in [-0.39, 0.29) is 18.3 Å². The van der Waals surface area contributed by atoms with E-state index in [2.05, 4.69) is 70.1 Å². The molecule has 2 aliphatic heterocycles. The number of fused-ring (bicyclic) bond motifs is 2. The first-order chi connectivity index (χ1) is 12.8. The van der Waals surface area contributed by atoms with E-state index in [9.17, 15) is 4.79 Å². The van der Waals surface area contributed by atoms with Crippen molar-refractivity contribution in [3.05, 3.63) is 60.2 Å². The van der Waals surface area contributed by atoms with Crippen molar-refractivity contribution >= 4 is 41.5 Å². The average molecular weight is 402 g/mol. The molecule has 142 valence electrons. The minimum absolute atomic E-state index is 0. The predicted molar refractivity (Wildman–Crippen MR) is 114 cm³/mol. The molecule has 0 atom stereocenters. The predicted octanol–water partition coefficient (Wildman–Crippen LogP) is 4.14. The number of benzene rings is 2. The molecule has 0 aliphatic carbocycles. The Balaban J connectivity index is 0.00000210. The average Bonchev–Trinajstić information content (AvgIpc) is 2.70. The molecule has 0 unspecified atom stereocenters. The Morgan fingerprint density at radius 1 is 1.07 bits per heavy atom. The standard InChI is InChI=1S/C21H23N3OS.ClH/c25-21(23-15-16-9-12-22-13-10-16)11-14-24-17-5-1-3-7-19(17)26-20-8-4-2-6-18(20)24;/h1-9,22H,10-15H2,(H,23,25);1H. The molecular weight excluding hydrogens is 378 g/mol. The number of halogens is 1. The van der Waals surface area contributed by atoms with E-state index < -0.39 is 0 Å². The number of amides is 1. The maximum absolute atomic E-state index is 12.4. The monoisotopic (exact) mass is 401 g/mol. The highest BCUT2D eigenvalue weighted by molar-refractivity contribution is 7.99. The Labute approximate surface area is 170 Å². The van der Waals surface area contributed by atoms with Gasteiger partial charge in [0, 0.05) is 35.8 Å². The maximum Gasteiger partial charge on any atom is 0.222 e. The molecule has 4 nitrogen and oxygen atoms in total. The number of carbonyl (C=O) groups is 1. The van der Waals surface area contributed by atoms with E-state index >= 15 is 0 Å². The van der Waals surface area contributed by atoms with E-state index in [1.54, 1.807) is 11.8 Å². The molecule has 0 aromatic heterocycles. The van der Waals surface area contributed by atoms with Gasteiger partial charge in [-0.3, -0.25) is 4.79 Å². The molecule has 1 amide bonds. The lowest BCUT2D eigenvalue weighted by molar-refractivity contribution is -0.120. The molecule has 2 N–H and O–H groups in total. The van der Waals surface area contributed by atoms with Gasteiger partial charge in [0.2, 0.25) is 5.91 Å². The summed E-state index contributed by atoms with van der Waals surface area (Å²) in [5, 5.41) is 6.36. The van der Waals surface area contributed by atoms with Gasteiger partial charge >= 0.3 is 0 Å². The van der Waals surface area contributed by atoms with Gasteiger partial charge in [-0.05, 0) is 37.2 Å². The molecule has 0 bridgehead atoms. The van der Waals surface area contributed by atoms with Crippen LogP contribution in [0.25, 0.3) is 0 Å². The Kier molecular flexibility index (Phi) is 6.83. The van der Waals surface area contributed by atoms with Gasteiger partial charge in [0.05, 0.1) is 11.4 Å². The number of hydrogen-bond acceptors (Lipinski definition) is 4. The number of anilines is 2. The topological polar surface area (TPSA) is 44.4 Å². The van der Waals surface area contributed by atoms with Crippen molar-refractivity contribution in [1.29, 1.82) is 0 Å². The summed E-state index contributed by atoms with van der Waals surface area (Å²) in [7, 11) is 0. The van der Waals surface area contributed by atoms with Crippen LogP contribution in [0.1, 0.15) is 12.8 Å². The SMILES string of the molecule is Cl.O=C(CCN1c2ccccc2Sc2ccccc21)NCC1=CCNCC1. The Morgan fingerprint density at radius 3 is 2.37 bits per heavy atom. The van der Waals surface area contributed by atoms with Crippen molar-refractivity contribution in [2.24, 2.45) is 0 Å². The molecule has 2 heterocycles. The summed E-state index contributed by atoms with van der Waals surface area (Å²) in [6, 6.07) is 16.8. The van der Waals surface area contributed by atoms with Crippen LogP contribution in [0, 0.1) is 0 Å². The summed E-state index contributed by atoms with van der Waals surface area (Å²) >= 11 is 1.79. The molecule has 2 aromatic rings. The highest BCUT2D eigenvalue weighted by atomic mass is 35.5. The number of para-hydroxylation sites is 2. The van der Waals surface area contributed by atoms with Crippen LogP contribution in [0.15, 0.2) is 70.0 Å². The van der Waals surface area contributed by atoms with Crippen molar-refractivity contribution in [1.82, 2.24) is 10.6 Å². The molecule has 6 heteroatoms. The first kappa shape index (κ1) is 19.8. The minimum atomic E-state index is 0. The van der Waals surface area contributed by atoms with Crippen molar-refractivity contribution in [3.8, 4) is 0 Å². The Bertz CT molecular complexity index is 794. The molecule has 2 aromatic carbocycles. The van der Waals surface area contributed by atoms with Crippen LogP contribution >= 0.6 is 24.2 Å². The quantitative estimate of drug-likeness (QED) is 0.739. The Hall–Kier alpha value is -1.95. The molecular formula is C21H24ClN3OS. The van der Waals surface area contributed by atoms with E-state index in [1.165, 1.54) is 26.7 Å². The molecule has 0 spiro atoms. The van der Waals surface area contributed by atoms with E-state index in [4.69, 9.17) is 0 Å². The van der Waals surface area contributed by atoms with Crippen LogP contribution < -0.4 is 15.5 Å². The number of hydrogen-bond donors (Lipinski definition) is 2. The van der Waals surface area contributed by atoms with Crippen molar-refractivity contribution < 1.29 is 4.79 Å². The number of nitrogens with one attached hydrogen (secondary N) is 2. The highest BCUT2D eigenvalue weighted by Gasteiger charge is 2.23. The van der Waals surface area contributed by atoms with Crippen LogP contribution in [-0.4, -0.2) is 32.1 Å².